The Labute approximate surface area is 145 Å². The fraction of sp³-hybridized carbons (Fsp3) is 0.786. The lowest BCUT2D eigenvalue weighted by molar-refractivity contribution is -0.125. The molecule has 0 aliphatic carbocycles. The molecule has 6 N–H and O–H groups in total. The van der Waals surface area contributed by atoms with Crippen LogP contribution in [-0.4, -0.2) is 64.5 Å². The zero-order valence-electron chi connectivity index (χ0n) is 13.6. The Balaban J connectivity index is 1.73. The molecule has 1 fully saturated rings. The first-order chi connectivity index (χ1) is 11.4. The van der Waals surface area contributed by atoms with Crippen molar-refractivity contribution in [3.8, 4) is 0 Å². The SMILES string of the molecule is CC(C)C(=O)NC1NC2=C(NCN2[C@@H]2O[C@H](CO)C[C@H]2O)C(Cl)N1. The van der Waals surface area contributed by atoms with E-state index in [0.717, 1.165) is 5.70 Å². The van der Waals surface area contributed by atoms with E-state index in [9.17, 15) is 15.0 Å². The minimum absolute atomic E-state index is 0.108. The maximum absolute atomic E-state index is 11.9. The first-order valence-electron chi connectivity index (χ1n) is 8.06. The van der Waals surface area contributed by atoms with Gasteiger partial charge in [-0.05, 0) is 0 Å². The van der Waals surface area contributed by atoms with Gasteiger partial charge in [-0.3, -0.25) is 10.1 Å². The van der Waals surface area contributed by atoms with Gasteiger partial charge in [-0.25, -0.2) is 0 Å². The zero-order chi connectivity index (χ0) is 17.4. The minimum Gasteiger partial charge on any atom is -0.394 e. The van der Waals surface area contributed by atoms with Crippen LogP contribution in [0.2, 0.25) is 0 Å². The number of aliphatic hydroxyl groups excluding tert-OH is 2. The average Bonchev–Trinajstić information content (AvgIpc) is 3.10. The fourth-order valence-electron chi connectivity index (χ4n) is 3.00. The Morgan fingerprint density at radius 3 is 2.92 bits per heavy atom. The molecule has 10 heteroatoms. The molecule has 136 valence electrons. The van der Waals surface area contributed by atoms with Crippen LogP contribution >= 0.6 is 11.6 Å². The number of halogens is 1. The normalized spacial score (nSPS) is 35.8. The number of hydrogen-bond acceptors (Lipinski definition) is 8. The molecule has 3 aliphatic rings. The number of nitrogens with zero attached hydrogens (tertiary/aromatic N) is 1. The summed E-state index contributed by atoms with van der Waals surface area (Å²) >= 11 is 6.35. The van der Waals surface area contributed by atoms with Gasteiger partial charge in [-0.2, -0.15) is 0 Å². The van der Waals surface area contributed by atoms with Crippen LogP contribution in [-0.2, 0) is 9.53 Å². The van der Waals surface area contributed by atoms with E-state index < -0.39 is 24.1 Å². The Morgan fingerprint density at radius 1 is 1.54 bits per heavy atom. The van der Waals surface area contributed by atoms with Crippen LogP contribution in [0.1, 0.15) is 20.3 Å². The summed E-state index contributed by atoms with van der Waals surface area (Å²) in [5.41, 5.74) is 0.214. The number of nitrogens with one attached hydrogen (secondary N) is 4. The number of amides is 1. The summed E-state index contributed by atoms with van der Waals surface area (Å²) in [6.45, 7) is 3.89. The zero-order valence-corrected chi connectivity index (χ0v) is 14.4. The first kappa shape index (κ1) is 17.6. The lowest BCUT2D eigenvalue weighted by Gasteiger charge is -2.36. The second kappa shape index (κ2) is 6.93. The lowest BCUT2D eigenvalue weighted by atomic mass is 10.2. The summed E-state index contributed by atoms with van der Waals surface area (Å²) in [6.07, 6.45) is -1.85. The van der Waals surface area contributed by atoms with Gasteiger partial charge >= 0.3 is 0 Å². The molecule has 0 bridgehead atoms. The molecule has 9 nitrogen and oxygen atoms in total. The Kier molecular flexibility index (Phi) is 5.07. The molecule has 3 heterocycles. The van der Waals surface area contributed by atoms with Crippen LogP contribution in [0.15, 0.2) is 11.5 Å². The van der Waals surface area contributed by atoms with Gasteiger partial charge in [0.2, 0.25) is 5.91 Å². The number of carbonyl (C=O) groups is 1. The number of aliphatic hydroxyl groups is 2. The molecule has 3 rings (SSSR count). The lowest BCUT2D eigenvalue weighted by Crippen LogP contribution is -2.62. The second-order valence-electron chi connectivity index (χ2n) is 6.47. The van der Waals surface area contributed by atoms with Crippen LogP contribution in [0.4, 0.5) is 0 Å². The summed E-state index contributed by atoms with van der Waals surface area (Å²) in [5, 5.41) is 31.7. The van der Waals surface area contributed by atoms with Crippen molar-refractivity contribution in [1.29, 1.82) is 0 Å². The van der Waals surface area contributed by atoms with Gasteiger partial charge in [-0.15, -0.1) is 0 Å². The van der Waals surface area contributed by atoms with E-state index in [2.05, 4.69) is 21.3 Å². The molecule has 0 aromatic carbocycles. The van der Waals surface area contributed by atoms with Crippen molar-refractivity contribution in [2.75, 3.05) is 13.3 Å². The number of alkyl halides is 1. The fourth-order valence-corrected chi connectivity index (χ4v) is 3.30. The van der Waals surface area contributed by atoms with Crippen molar-refractivity contribution < 1.29 is 19.7 Å². The molecule has 0 aromatic rings. The molecule has 1 saturated heterocycles. The van der Waals surface area contributed by atoms with Crippen LogP contribution in [0.3, 0.4) is 0 Å². The van der Waals surface area contributed by atoms with Crippen LogP contribution < -0.4 is 21.3 Å². The minimum atomic E-state index is -0.718. The molecule has 0 radical (unpaired) electrons. The molecule has 3 aliphatic heterocycles. The number of rotatable bonds is 4. The molecular weight excluding hydrogens is 338 g/mol. The van der Waals surface area contributed by atoms with E-state index in [0.29, 0.717) is 18.9 Å². The van der Waals surface area contributed by atoms with E-state index in [1.165, 1.54) is 0 Å². The third kappa shape index (κ3) is 3.27. The second-order valence-corrected chi connectivity index (χ2v) is 6.91. The van der Waals surface area contributed by atoms with Gasteiger partial charge in [0.1, 0.15) is 17.4 Å². The monoisotopic (exact) mass is 361 g/mol. The third-order valence-electron chi connectivity index (χ3n) is 4.32. The number of hydrogen-bond donors (Lipinski definition) is 6. The smallest absolute Gasteiger partial charge is 0.225 e. The number of carbonyl (C=O) groups excluding carboxylic acids is 1. The highest BCUT2D eigenvalue weighted by atomic mass is 35.5. The van der Waals surface area contributed by atoms with E-state index in [-0.39, 0.29) is 24.5 Å². The largest absolute Gasteiger partial charge is 0.394 e. The molecular formula is C14H24ClN5O4. The Hall–Kier alpha value is -1.26. The summed E-state index contributed by atoms with van der Waals surface area (Å²) in [7, 11) is 0. The van der Waals surface area contributed by atoms with Crippen molar-refractivity contribution in [3.05, 3.63) is 11.5 Å². The number of ether oxygens (including phenoxy) is 1. The molecule has 24 heavy (non-hydrogen) atoms. The van der Waals surface area contributed by atoms with E-state index in [4.69, 9.17) is 16.3 Å². The predicted octanol–water partition coefficient (Wildman–Crippen LogP) is -1.70. The first-order valence-corrected chi connectivity index (χ1v) is 8.50. The van der Waals surface area contributed by atoms with Crippen molar-refractivity contribution in [2.24, 2.45) is 5.92 Å². The molecule has 1 amide bonds. The maximum atomic E-state index is 11.9. The van der Waals surface area contributed by atoms with Crippen molar-refractivity contribution in [3.63, 3.8) is 0 Å². The van der Waals surface area contributed by atoms with Crippen LogP contribution in [0.5, 0.6) is 0 Å². The van der Waals surface area contributed by atoms with E-state index >= 15 is 0 Å². The highest BCUT2D eigenvalue weighted by Gasteiger charge is 2.44. The van der Waals surface area contributed by atoms with Crippen LogP contribution in [0.25, 0.3) is 0 Å². The van der Waals surface area contributed by atoms with Crippen LogP contribution in [0, 0.1) is 5.92 Å². The van der Waals surface area contributed by atoms with Gasteiger partial charge in [0.25, 0.3) is 0 Å². The van der Waals surface area contributed by atoms with E-state index in [1.807, 2.05) is 18.7 Å². The third-order valence-corrected chi connectivity index (χ3v) is 4.66. The summed E-state index contributed by atoms with van der Waals surface area (Å²) < 4.78 is 5.71. The molecule has 5 atom stereocenters. The van der Waals surface area contributed by atoms with Crippen molar-refractivity contribution in [2.45, 2.75) is 50.5 Å². The van der Waals surface area contributed by atoms with Gasteiger partial charge in [0.15, 0.2) is 12.5 Å². The Morgan fingerprint density at radius 2 is 2.29 bits per heavy atom. The topological polar surface area (TPSA) is 118 Å². The molecule has 0 spiro atoms. The average molecular weight is 362 g/mol. The van der Waals surface area contributed by atoms with Crippen molar-refractivity contribution in [1.82, 2.24) is 26.2 Å². The summed E-state index contributed by atoms with van der Waals surface area (Å²) in [6, 6.07) is 0. The van der Waals surface area contributed by atoms with E-state index in [1.54, 1.807) is 0 Å². The highest BCUT2D eigenvalue weighted by Crippen LogP contribution is 2.30. The van der Waals surface area contributed by atoms with Gasteiger partial charge < -0.3 is 35.8 Å². The Bertz CT molecular complexity index is 531. The maximum Gasteiger partial charge on any atom is 0.225 e. The van der Waals surface area contributed by atoms with Gasteiger partial charge in [0.05, 0.1) is 25.1 Å². The summed E-state index contributed by atoms with van der Waals surface area (Å²) in [4.78, 5) is 13.7. The molecule has 0 aromatic heterocycles. The molecule has 0 saturated carbocycles. The standard InChI is InChI=1S/C14H24ClN5O4/c1-6(2)12(23)19-14-17-10(15)9-11(18-14)20(5-16-9)13-8(22)3-7(4-21)24-13/h6-8,10,13-14,16-18,21-22H,3-5H2,1-2H3,(H,19,23)/t7-,8+,10?,13+,14?/m0/s1. The quantitative estimate of drug-likeness (QED) is 0.259. The highest BCUT2D eigenvalue weighted by molar-refractivity contribution is 6.22. The van der Waals surface area contributed by atoms with Gasteiger partial charge in [-0.1, -0.05) is 25.4 Å². The predicted molar refractivity (Wildman–Crippen MR) is 85.9 cm³/mol. The van der Waals surface area contributed by atoms with Crippen molar-refractivity contribution >= 4 is 17.5 Å². The summed E-state index contributed by atoms with van der Waals surface area (Å²) in [5.74, 6) is 0.411. The molecule has 2 unspecified atom stereocenters. The van der Waals surface area contributed by atoms with Gasteiger partial charge in [0, 0.05) is 12.3 Å².